The smallest absolute Gasteiger partial charge is 0.225 e. The minimum Gasteiger partial charge on any atom is -0.370 e. The molecule has 0 radical (unpaired) electrons. The number of anilines is 2. The summed E-state index contributed by atoms with van der Waals surface area (Å²) in [5.74, 6) is 1.07. The van der Waals surface area contributed by atoms with Crippen molar-refractivity contribution in [3.63, 3.8) is 0 Å². The third-order valence-electron chi connectivity index (χ3n) is 2.81. The van der Waals surface area contributed by atoms with Crippen LogP contribution in [0.5, 0.6) is 0 Å². The maximum atomic E-state index is 13.5. The lowest BCUT2D eigenvalue weighted by molar-refractivity contribution is 0.612. The van der Waals surface area contributed by atoms with Crippen molar-refractivity contribution in [3.8, 4) is 0 Å². The van der Waals surface area contributed by atoms with E-state index in [-0.39, 0.29) is 5.82 Å². The molecular weight excluding hydrogens is 255 g/mol. The van der Waals surface area contributed by atoms with Crippen LogP contribution >= 0.6 is 0 Å². The molecular formula is C15H19FN4. The minimum atomic E-state index is -0.225. The van der Waals surface area contributed by atoms with Crippen LogP contribution in [0.1, 0.15) is 24.6 Å². The summed E-state index contributed by atoms with van der Waals surface area (Å²) in [7, 11) is 0. The lowest BCUT2D eigenvalue weighted by Crippen LogP contribution is -2.09. The van der Waals surface area contributed by atoms with E-state index in [4.69, 9.17) is 0 Å². The van der Waals surface area contributed by atoms with Gasteiger partial charge < -0.3 is 10.6 Å². The number of aryl methyl sites for hydroxylation is 1. The van der Waals surface area contributed by atoms with Gasteiger partial charge in [0.05, 0.1) is 0 Å². The Morgan fingerprint density at radius 3 is 2.70 bits per heavy atom. The van der Waals surface area contributed by atoms with E-state index in [0.29, 0.717) is 18.1 Å². The summed E-state index contributed by atoms with van der Waals surface area (Å²) in [6, 6.07) is 8.57. The Kier molecular flexibility index (Phi) is 4.87. The van der Waals surface area contributed by atoms with E-state index < -0.39 is 0 Å². The van der Waals surface area contributed by atoms with Crippen molar-refractivity contribution in [2.75, 3.05) is 17.2 Å². The molecule has 0 fully saturated rings. The van der Waals surface area contributed by atoms with E-state index in [9.17, 15) is 4.39 Å². The summed E-state index contributed by atoms with van der Waals surface area (Å²) in [5.41, 5.74) is 1.47. The number of hydrogen-bond donors (Lipinski definition) is 2. The summed E-state index contributed by atoms with van der Waals surface area (Å²) < 4.78 is 13.5. The van der Waals surface area contributed by atoms with Gasteiger partial charge in [-0.15, -0.1) is 0 Å². The van der Waals surface area contributed by atoms with Gasteiger partial charge in [0.25, 0.3) is 0 Å². The predicted octanol–water partition coefficient (Wildman–Crippen LogP) is 3.36. The van der Waals surface area contributed by atoms with Gasteiger partial charge in [0.15, 0.2) is 0 Å². The average Bonchev–Trinajstić information content (AvgIpc) is 2.44. The first kappa shape index (κ1) is 14.2. The maximum Gasteiger partial charge on any atom is 0.225 e. The van der Waals surface area contributed by atoms with E-state index in [1.165, 1.54) is 6.07 Å². The van der Waals surface area contributed by atoms with Crippen molar-refractivity contribution >= 4 is 11.8 Å². The summed E-state index contributed by atoms with van der Waals surface area (Å²) in [6.07, 6.45) is 1.03. The molecule has 0 aliphatic carbocycles. The topological polar surface area (TPSA) is 49.8 Å². The fourth-order valence-corrected chi connectivity index (χ4v) is 1.81. The van der Waals surface area contributed by atoms with E-state index >= 15 is 0 Å². The summed E-state index contributed by atoms with van der Waals surface area (Å²) in [4.78, 5) is 8.66. The molecule has 0 atom stereocenters. The quantitative estimate of drug-likeness (QED) is 0.848. The van der Waals surface area contributed by atoms with Crippen LogP contribution in [0, 0.1) is 12.7 Å². The van der Waals surface area contributed by atoms with Crippen LogP contribution in [0.25, 0.3) is 0 Å². The molecule has 106 valence electrons. The highest BCUT2D eigenvalue weighted by molar-refractivity contribution is 5.42. The standard InChI is InChI=1S/C15H19FN4/c1-3-8-17-14-9-11(2)19-15(20-14)18-10-12-6-4-5-7-13(12)16/h4-7,9H,3,8,10H2,1-2H3,(H2,17,18,19,20). The second-order valence-corrected chi connectivity index (χ2v) is 4.59. The first-order chi connectivity index (χ1) is 9.69. The zero-order valence-corrected chi connectivity index (χ0v) is 11.8. The van der Waals surface area contributed by atoms with Gasteiger partial charge in [-0.05, 0) is 19.4 Å². The van der Waals surface area contributed by atoms with Crippen LogP contribution in [-0.4, -0.2) is 16.5 Å². The number of halogens is 1. The fourth-order valence-electron chi connectivity index (χ4n) is 1.81. The Morgan fingerprint density at radius 1 is 1.15 bits per heavy atom. The summed E-state index contributed by atoms with van der Waals surface area (Å²) >= 11 is 0. The molecule has 0 saturated carbocycles. The van der Waals surface area contributed by atoms with Crippen molar-refractivity contribution in [2.45, 2.75) is 26.8 Å². The van der Waals surface area contributed by atoms with Crippen molar-refractivity contribution in [3.05, 3.63) is 47.4 Å². The zero-order valence-electron chi connectivity index (χ0n) is 11.8. The van der Waals surface area contributed by atoms with E-state index in [1.54, 1.807) is 12.1 Å². The largest absolute Gasteiger partial charge is 0.370 e. The van der Waals surface area contributed by atoms with Gasteiger partial charge in [0, 0.05) is 30.4 Å². The molecule has 2 N–H and O–H groups in total. The molecule has 2 aromatic rings. The molecule has 0 aliphatic rings. The van der Waals surface area contributed by atoms with Gasteiger partial charge in [0.2, 0.25) is 5.95 Å². The predicted molar refractivity (Wildman–Crippen MR) is 79.3 cm³/mol. The molecule has 4 nitrogen and oxygen atoms in total. The number of aromatic nitrogens is 2. The van der Waals surface area contributed by atoms with Gasteiger partial charge >= 0.3 is 0 Å². The van der Waals surface area contributed by atoms with Gasteiger partial charge in [-0.1, -0.05) is 25.1 Å². The molecule has 1 heterocycles. The Hall–Kier alpha value is -2.17. The maximum absolute atomic E-state index is 13.5. The number of nitrogens with zero attached hydrogens (tertiary/aromatic N) is 2. The number of rotatable bonds is 6. The van der Waals surface area contributed by atoms with Crippen molar-refractivity contribution in [2.24, 2.45) is 0 Å². The second-order valence-electron chi connectivity index (χ2n) is 4.59. The van der Waals surface area contributed by atoms with Crippen LogP contribution in [-0.2, 0) is 6.54 Å². The molecule has 1 aromatic heterocycles. The molecule has 5 heteroatoms. The molecule has 0 aliphatic heterocycles. The number of nitrogens with one attached hydrogen (secondary N) is 2. The number of benzene rings is 1. The molecule has 2 rings (SSSR count). The van der Waals surface area contributed by atoms with Crippen LogP contribution in [0.4, 0.5) is 16.2 Å². The van der Waals surface area contributed by atoms with Gasteiger partial charge in [-0.3, -0.25) is 0 Å². The van der Waals surface area contributed by atoms with E-state index in [0.717, 1.165) is 24.5 Å². The van der Waals surface area contributed by atoms with Crippen molar-refractivity contribution in [1.29, 1.82) is 0 Å². The molecule has 1 aromatic carbocycles. The Morgan fingerprint density at radius 2 is 1.95 bits per heavy atom. The van der Waals surface area contributed by atoms with Crippen molar-refractivity contribution in [1.82, 2.24) is 9.97 Å². The number of hydrogen-bond acceptors (Lipinski definition) is 4. The molecule has 0 unspecified atom stereocenters. The van der Waals surface area contributed by atoms with Gasteiger partial charge in [-0.25, -0.2) is 9.37 Å². The summed E-state index contributed by atoms with van der Waals surface area (Å²) in [6.45, 7) is 5.23. The third kappa shape index (κ3) is 3.91. The first-order valence-electron chi connectivity index (χ1n) is 6.76. The van der Waals surface area contributed by atoms with E-state index in [1.807, 2.05) is 19.1 Å². The molecule has 20 heavy (non-hydrogen) atoms. The van der Waals surface area contributed by atoms with Crippen LogP contribution in [0.3, 0.4) is 0 Å². The minimum absolute atomic E-state index is 0.225. The summed E-state index contributed by atoms with van der Waals surface area (Å²) in [5, 5.41) is 6.28. The van der Waals surface area contributed by atoms with E-state index in [2.05, 4.69) is 27.5 Å². The lowest BCUT2D eigenvalue weighted by atomic mass is 10.2. The first-order valence-corrected chi connectivity index (χ1v) is 6.76. The average molecular weight is 274 g/mol. The third-order valence-corrected chi connectivity index (χ3v) is 2.81. The monoisotopic (exact) mass is 274 g/mol. The second kappa shape index (κ2) is 6.84. The molecule has 0 bridgehead atoms. The molecule has 0 saturated heterocycles. The highest BCUT2D eigenvalue weighted by atomic mass is 19.1. The SMILES string of the molecule is CCCNc1cc(C)nc(NCc2ccccc2F)n1. The lowest BCUT2D eigenvalue weighted by Gasteiger charge is -2.09. The molecule has 0 amide bonds. The van der Waals surface area contributed by atoms with Gasteiger partial charge in [-0.2, -0.15) is 4.98 Å². The normalized spacial score (nSPS) is 10.3. The van der Waals surface area contributed by atoms with Crippen molar-refractivity contribution < 1.29 is 4.39 Å². The fraction of sp³-hybridized carbons (Fsp3) is 0.333. The van der Waals surface area contributed by atoms with Crippen LogP contribution < -0.4 is 10.6 Å². The Labute approximate surface area is 118 Å². The molecule has 0 spiro atoms. The highest BCUT2D eigenvalue weighted by Gasteiger charge is 2.04. The zero-order chi connectivity index (χ0) is 14.4. The van der Waals surface area contributed by atoms with Crippen LogP contribution in [0.2, 0.25) is 0 Å². The Balaban J connectivity index is 2.05. The highest BCUT2D eigenvalue weighted by Crippen LogP contribution is 2.12. The van der Waals surface area contributed by atoms with Gasteiger partial charge in [0.1, 0.15) is 11.6 Å². The van der Waals surface area contributed by atoms with Crippen LogP contribution in [0.15, 0.2) is 30.3 Å². The Bertz CT molecular complexity index is 572.